The highest BCUT2D eigenvalue weighted by atomic mass is 15.0. The summed E-state index contributed by atoms with van der Waals surface area (Å²) >= 11 is 0. The van der Waals surface area contributed by atoms with Crippen molar-refractivity contribution in [2.24, 2.45) is 0 Å². The minimum Gasteiger partial charge on any atom is -0.309 e. The normalized spacial score (nSPS) is 13.7. The van der Waals surface area contributed by atoms with Gasteiger partial charge in [0.1, 0.15) is 0 Å². The molecule has 1 aliphatic rings. The van der Waals surface area contributed by atoms with Gasteiger partial charge in [-0.2, -0.15) is 0 Å². The molecule has 0 spiro atoms. The fraction of sp³-hybridized carbons (Fsp3) is 0.0732. The highest BCUT2D eigenvalue weighted by Gasteiger charge is 2.35. The molecule has 1 aromatic heterocycles. The largest absolute Gasteiger partial charge is 0.309 e. The SMILES string of the molecule is CC1(C)c2ccccc2-c2c3c1cccc3cc1c2c2c3ccccc3ccc2n1-c1cccc(-c2ccccc2)c1. The smallest absolute Gasteiger partial charge is 0.0553 e. The molecule has 0 N–H and O–H groups in total. The number of nitrogens with zero attached hydrogens (tertiary/aromatic N) is 1. The van der Waals surface area contributed by atoms with Gasteiger partial charge in [-0.15, -0.1) is 0 Å². The summed E-state index contributed by atoms with van der Waals surface area (Å²) in [5, 5.41) is 7.92. The molecule has 1 heteroatoms. The second-order valence-corrected chi connectivity index (χ2v) is 12.2. The molecule has 0 fully saturated rings. The van der Waals surface area contributed by atoms with Gasteiger partial charge in [0.15, 0.2) is 0 Å². The molecular formula is C41H29N. The van der Waals surface area contributed by atoms with Crippen LogP contribution in [0.5, 0.6) is 0 Å². The van der Waals surface area contributed by atoms with Crippen molar-refractivity contribution >= 4 is 43.4 Å². The maximum Gasteiger partial charge on any atom is 0.0553 e. The van der Waals surface area contributed by atoms with Gasteiger partial charge in [0.05, 0.1) is 11.0 Å². The summed E-state index contributed by atoms with van der Waals surface area (Å²) in [4.78, 5) is 0. The average Bonchev–Trinajstić information content (AvgIpc) is 3.38. The molecule has 8 aromatic rings. The molecule has 0 atom stereocenters. The van der Waals surface area contributed by atoms with Crippen molar-refractivity contribution in [2.75, 3.05) is 0 Å². The Labute approximate surface area is 245 Å². The molecule has 7 aromatic carbocycles. The number of hydrogen-bond acceptors (Lipinski definition) is 0. The average molecular weight is 536 g/mol. The summed E-state index contributed by atoms with van der Waals surface area (Å²) in [6, 6.07) is 51.5. The van der Waals surface area contributed by atoms with E-state index in [-0.39, 0.29) is 5.41 Å². The zero-order valence-corrected chi connectivity index (χ0v) is 23.7. The van der Waals surface area contributed by atoms with Crippen molar-refractivity contribution in [1.29, 1.82) is 0 Å². The third-order valence-electron chi connectivity index (χ3n) is 9.54. The van der Waals surface area contributed by atoms with Gasteiger partial charge in [0.25, 0.3) is 0 Å². The molecule has 1 heterocycles. The molecule has 0 amide bonds. The van der Waals surface area contributed by atoms with Gasteiger partial charge in [-0.1, -0.05) is 129 Å². The zero-order chi connectivity index (χ0) is 28.0. The minimum absolute atomic E-state index is 0.0821. The van der Waals surface area contributed by atoms with Crippen LogP contribution in [0, 0.1) is 0 Å². The lowest BCUT2D eigenvalue weighted by atomic mass is 9.68. The van der Waals surface area contributed by atoms with Gasteiger partial charge in [0.2, 0.25) is 0 Å². The lowest BCUT2D eigenvalue weighted by Crippen LogP contribution is -2.23. The summed E-state index contributed by atoms with van der Waals surface area (Å²) in [5.41, 5.74) is 11.6. The molecule has 198 valence electrons. The van der Waals surface area contributed by atoms with Crippen LogP contribution in [0.4, 0.5) is 0 Å². The highest BCUT2D eigenvalue weighted by Crippen LogP contribution is 2.53. The summed E-state index contributed by atoms with van der Waals surface area (Å²) in [6.45, 7) is 4.75. The first-order valence-electron chi connectivity index (χ1n) is 14.8. The summed E-state index contributed by atoms with van der Waals surface area (Å²) < 4.78 is 2.49. The van der Waals surface area contributed by atoms with Crippen molar-refractivity contribution in [2.45, 2.75) is 19.3 Å². The lowest BCUT2D eigenvalue weighted by Gasteiger charge is -2.35. The molecule has 0 unspecified atom stereocenters. The first kappa shape index (κ1) is 23.6. The zero-order valence-electron chi connectivity index (χ0n) is 23.7. The standard InChI is InChI=1S/C41H29N/c1-41(2)33-20-9-8-19-32(33)39-37-29(16-11-21-34(37)41)25-36-40(39)38-31-18-7-6-14-27(31)22-23-35(38)42(36)30-17-10-15-28(24-30)26-12-4-3-5-13-26/h3-25H,1-2H3. The molecule has 9 rings (SSSR count). The Morgan fingerprint density at radius 3 is 2.10 bits per heavy atom. The highest BCUT2D eigenvalue weighted by molar-refractivity contribution is 6.30. The van der Waals surface area contributed by atoms with Gasteiger partial charge in [0, 0.05) is 27.4 Å². The van der Waals surface area contributed by atoms with E-state index in [1.165, 1.54) is 82.4 Å². The maximum absolute atomic E-state index is 2.49. The van der Waals surface area contributed by atoms with E-state index in [0.717, 1.165) is 0 Å². The van der Waals surface area contributed by atoms with Crippen molar-refractivity contribution in [3.8, 4) is 27.9 Å². The Kier molecular flexibility index (Phi) is 4.73. The molecule has 0 radical (unpaired) electrons. The molecule has 0 aliphatic heterocycles. The fourth-order valence-electron chi connectivity index (χ4n) is 7.63. The van der Waals surface area contributed by atoms with E-state index in [4.69, 9.17) is 0 Å². The minimum atomic E-state index is -0.0821. The third-order valence-corrected chi connectivity index (χ3v) is 9.54. The molecule has 0 bridgehead atoms. The monoisotopic (exact) mass is 535 g/mol. The van der Waals surface area contributed by atoms with Crippen LogP contribution in [0.2, 0.25) is 0 Å². The van der Waals surface area contributed by atoms with Crippen LogP contribution in [-0.2, 0) is 5.41 Å². The van der Waals surface area contributed by atoms with Crippen LogP contribution in [-0.4, -0.2) is 4.57 Å². The van der Waals surface area contributed by atoms with Gasteiger partial charge < -0.3 is 4.57 Å². The van der Waals surface area contributed by atoms with Crippen molar-refractivity contribution < 1.29 is 0 Å². The van der Waals surface area contributed by atoms with Crippen LogP contribution >= 0.6 is 0 Å². The van der Waals surface area contributed by atoms with E-state index in [0.29, 0.717) is 0 Å². The second kappa shape index (κ2) is 8.44. The van der Waals surface area contributed by atoms with Crippen LogP contribution in [0.25, 0.3) is 71.3 Å². The van der Waals surface area contributed by atoms with E-state index in [1.54, 1.807) is 0 Å². The Morgan fingerprint density at radius 2 is 1.19 bits per heavy atom. The summed E-state index contributed by atoms with van der Waals surface area (Å²) in [7, 11) is 0. The number of fused-ring (bicyclic) bond motifs is 8. The second-order valence-electron chi connectivity index (χ2n) is 12.2. The van der Waals surface area contributed by atoms with E-state index in [9.17, 15) is 0 Å². The van der Waals surface area contributed by atoms with Crippen LogP contribution in [0.1, 0.15) is 25.0 Å². The van der Waals surface area contributed by atoms with Crippen LogP contribution < -0.4 is 0 Å². The Hall–Kier alpha value is -5.14. The quantitative estimate of drug-likeness (QED) is 0.207. The van der Waals surface area contributed by atoms with Gasteiger partial charge in [-0.25, -0.2) is 0 Å². The van der Waals surface area contributed by atoms with Gasteiger partial charge >= 0.3 is 0 Å². The number of benzene rings is 7. The van der Waals surface area contributed by atoms with Crippen molar-refractivity contribution in [3.05, 3.63) is 151 Å². The van der Waals surface area contributed by atoms with E-state index >= 15 is 0 Å². The molecule has 1 nitrogen and oxygen atoms in total. The molecular weight excluding hydrogens is 506 g/mol. The number of aromatic nitrogens is 1. The predicted molar refractivity (Wildman–Crippen MR) is 179 cm³/mol. The summed E-state index contributed by atoms with van der Waals surface area (Å²) in [6.07, 6.45) is 0. The predicted octanol–water partition coefficient (Wildman–Crippen LogP) is 11.1. The van der Waals surface area contributed by atoms with E-state index < -0.39 is 0 Å². The van der Waals surface area contributed by atoms with E-state index in [2.05, 4.69) is 158 Å². The fourth-order valence-corrected chi connectivity index (χ4v) is 7.63. The molecule has 0 saturated heterocycles. The van der Waals surface area contributed by atoms with Crippen LogP contribution in [0.15, 0.2) is 140 Å². The first-order valence-corrected chi connectivity index (χ1v) is 14.8. The topological polar surface area (TPSA) is 4.93 Å². The lowest BCUT2D eigenvalue weighted by molar-refractivity contribution is 0.645. The van der Waals surface area contributed by atoms with Crippen molar-refractivity contribution in [3.63, 3.8) is 0 Å². The van der Waals surface area contributed by atoms with E-state index in [1.807, 2.05) is 0 Å². The Morgan fingerprint density at radius 1 is 0.476 bits per heavy atom. The third kappa shape index (κ3) is 3.08. The number of hydrogen-bond donors (Lipinski definition) is 0. The Balaban J connectivity index is 1.52. The summed E-state index contributed by atoms with van der Waals surface area (Å²) in [5.74, 6) is 0. The first-order chi connectivity index (χ1) is 20.6. The van der Waals surface area contributed by atoms with Gasteiger partial charge in [-0.3, -0.25) is 0 Å². The molecule has 42 heavy (non-hydrogen) atoms. The molecule has 0 saturated carbocycles. The number of rotatable bonds is 2. The Bertz CT molecular complexity index is 2370. The maximum atomic E-state index is 2.49. The molecule has 1 aliphatic carbocycles. The van der Waals surface area contributed by atoms with Crippen molar-refractivity contribution in [1.82, 2.24) is 4.57 Å². The van der Waals surface area contributed by atoms with Gasteiger partial charge in [-0.05, 0) is 73.6 Å². The van der Waals surface area contributed by atoms with Crippen LogP contribution in [0.3, 0.4) is 0 Å².